The van der Waals surface area contributed by atoms with Gasteiger partial charge in [-0.2, -0.15) is 5.10 Å². The van der Waals surface area contributed by atoms with Gasteiger partial charge >= 0.3 is 0 Å². The molecule has 1 aromatic heterocycles. The molecule has 0 saturated carbocycles. The van der Waals surface area contributed by atoms with Crippen LogP contribution in [0.1, 0.15) is 30.8 Å². The van der Waals surface area contributed by atoms with Gasteiger partial charge in [-0.15, -0.1) is 12.4 Å². The van der Waals surface area contributed by atoms with Crippen molar-refractivity contribution in [3.05, 3.63) is 47.3 Å². The van der Waals surface area contributed by atoms with E-state index in [1.54, 1.807) is 0 Å². The first-order valence-electron chi connectivity index (χ1n) is 8.71. The summed E-state index contributed by atoms with van der Waals surface area (Å²) in [7, 11) is 0. The molecule has 148 valence electrons. The van der Waals surface area contributed by atoms with Crippen LogP contribution in [0.2, 0.25) is 0 Å². The number of rotatable bonds is 7. The van der Waals surface area contributed by atoms with E-state index in [4.69, 9.17) is 5.73 Å². The van der Waals surface area contributed by atoms with Gasteiger partial charge in [0, 0.05) is 12.2 Å². The predicted octanol–water partition coefficient (Wildman–Crippen LogP) is 1.63. The van der Waals surface area contributed by atoms with Crippen LogP contribution in [0.3, 0.4) is 0 Å². The fourth-order valence-corrected chi connectivity index (χ4v) is 2.58. The van der Waals surface area contributed by atoms with Crippen molar-refractivity contribution in [2.45, 2.75) is 40.3 Å². The average Bonchev–Trinajstić information content (AvgIpc) is 2.95. The summed E-state index contributed by atoms with van der Waals surface area (Å²) in [5, 5.41) is 9.89. The molecule has 8 heteroatoms. The van der Waals surface area contributed by atoms with Crippen LogP contribution in [0.15, 0.2) is 30.3 Å². The van der Waals surface area contributed by atoms with Crippen LogP contribution in [0, 0.1) is 19.8 Å². The number of carbonyl (C=O) groups excluding carboxylic acids is 2. The Labute approximate surface area is 166 Å². The highest BCUT2D eigenvalue weighted by Crippen LogP contribution is 2.16. The van der Waals surface area contributed by atoms with Gasteiger partial charge in [-0.1, -0.05) is 32.0 Å². The first-order chi connectivity index (χ1) is 12.3. The molecule has 7 nitrogen and oxygen atoms in total. The van der Waals surface area contributed by atoms with E-state index in [1.165, 1.54) is 0 Å². The van der Waals surface area contributed by atoms with Crippen molar-refractivity contribution in [2.24, 2.45) is 11.7 Å². The summed E-state index contributed by atoms with van der Waals surface area (Å²) in [4.78, 5) is 23.9. The molecule has 0 unspecified atom stereocenters. The summed E-state index contributed by atoms with van der Waals surface area (Å²) >= 11 is 0. The molecule has 1 atom stereocenters. The first kappa shape index (κ1) is 22.7. The standard InChI is InChI=1S/C19H27N5O2.ClH/c1-12(2)18(20)19(26)22-11-17(25)21-10-15-7-5-6-8-16(15)24-14(4)9-13(3)23-24;/h5-9,12,18H,10-11,20H2,1-4H3,(H,21,25)(H,22,26);1H/t18-;/m0./s1. The number of nitrogens with one attached hydrogen (secondary N) is 2. The Hall–Kier alpha value is -2.38. The van der Waals surface area contributed by atoms with Crippen LogP contribution >= 0.6 is 12.4 Å². The molecular formula is C19H28ClN5O2. The monoisotopic (exact) mass is 393 g/mol. The second kappa shape index (κ2) is 10.1. The van der Waals surface area contributed by atoms with Gasteiger partial charge in [0.25, 0.3) is 0 Å². The SMILES string of the molecule is Cc1cc(C)n(-c2ccccc2CNC(=O)CNC(=O)[C@@H](N)C(C)C)n1.Cl. The number of benzene rings is 1. The van der Waals surface area contributed by atoms with E-state index in [0.717, 1.165) is 22.6 Å². The van der Waals surface area contributed by atoms with Crippen LogP contribution in [-0.2, 0) is 16.1 Å². The molecular weight excluding hydrogens is 366 g/mol. The molecule has 0 aliphatic rings. The zero-order valence-electron chi connectivity index (χ0n) is 16.2. The summed E-state index contributed by atoms with van der Waals surface area (Å²) in [6.07, 6.45) is 0. The van der Waals surface area contributed by atoms with Crippen LogP contribution in [0.4, 0.5) is 0 Å². The minimum atomic E-state index is -0.616. The number of amides is 2. The summed E-state index contributed by atoms with van der Waals surface area (Å²) < 4.78 is 1.86. The van der Waals surface area contributed by atoms with Gasteiger partial charge < -0.3 is 16.4 Å². The van der Waals surface area contributed by atoms with Gasteiger partial charge in [0.05, 0.1) is 24.0 Å². The highest BCUT2D eigenvalue weighted by molar-refractivity contribution is 5.87. The Morgan fingerprint density at radius 1 is 1.19 bits per heavy atom. The lowest BCUT2D eigenvalue weighted by Crippen LogP contribution is -2.47. The Kier molecular flexibility index (Phi) is 8.46. The molecule has 0 aliphatic heterocycles. The number of hydrogen-bond acceptors (Lipinski definition) is 4. The van der Waals surface area contributed by atoms with Crippen molar-refractivity contribution >= 4 is 24.2 Å². The van der Waals surface area contributed by atoms with Crippen molar-refractivity contribution in [3.63, 3.8) is 0 Å². The van der Waals surface area contributed by atoms with Crippen molar-refractivity contribution in [3.8, 4) is 5.69 Å². The topological polar surface area (TPSA) is 102 Å². The molecule has 0 radical (unpaired) electrons. The van der Waals surface area contributed by atoms with Crippen LogP contribution in [-0.4, -0.2) is 34.2 Å². The maximum atomic E-state index is 12.0. The largest absolute Gasteiger partial charge is 0.350 e. The highest BCUT2D eigenvalue weighted by Gasteiger charge is 2.17. The van der Waals surface area contributed by atoms with E-state index in [-0.39, 0.29) is 36.7 Å². The maximum Gasteiger partial charge on any atom is 0.239 e. The van der Waals surface area contributed by atoms with Gasteiger partial charge in [-0.05, 0) is 37.5 Å². The molecule has 2 amide bonds. The predicted molar refractivity (Wildman–Crippen MR) is 108 cm³/mol. The quantitative estimate of drug-likeness (QED) is 0.665. The van der Waals surface area contributed by atoms with E-state index >= 15 is 0 Å². The van der Waals surface area contributed by atoms with Crippen LogP contribution in [0.5, 0.6) is 0 Å². The van der Waals surface area contributed by atoms with E-state index in [2.05, 4.69) is 15.7 Å². The fourth-order valence-electron chi connectivity index (χ4n) is 2.58. The Balaban J connectivity index is 0.00000364. The number of halogens is 1. The lowest BCUT2D eigenvalue weighted by molar-refractivity contribution is -0.127. The maximum absolute atomic E-state index is 12.0. The summed E-state index contributed by atoms with van der Waals surface area (Å²) in [6.45, 7) is 7.91. The van der Waals surface area contributed by atoms with Gasteiger partial charge in [-0.25, -0.2) is 4.68 Å². The molecule has 27 heavy (non-hydrogen) atoms. The molecule has 1 aromatic carbocycles. The third-order valence-corrected chi connectivity index (χ3v) is 4.15. The molecule has 1 heterocycles. The lowest BCUT2D eigenvalue weighted by Gasteiger charge is -2.15. The van der Waals surface area contributed by atoms with Crippen molar-refractivity contribution in [1.82, 2.24) is 20.4 Å². The zero-order chi connectivity index (χ0) is 19.3. The molecule has 0 bridgehead atoms. The van der Waals surface area contributed by atoms with Crippen molar-refractivity contribution < 1.29 is 9.59 Å². The first-order valence-corrected chi connectivity index (χ1v) is 8.71. The molecule has 0 saturated heterocycles. The smallest absolute Gasteiger partial charge is 0.239 e. The molecule has 0 spiro atoms. The molecule has 2 aromatic rings. The second-order valence-electron chi connectivity index (χ2n) is 6.73. The molecule has 0 aliphatic carbocycles. The summed E-state index contributed by atoms with van der Waals surface area (Å²) in [6, 6.07) is 9.15. The number of carbonyl (C=O) groups is 2. The highest BCUT2D eigenvalue weighted by atomic mass is 35.5. The second-order valence-corrected chi connectivity index (χ2v) is 6.73. The number of para-hydroxylation sites is 1. The van der Waals surface area contributed by atoms with Gasteiger partial charge in [-0.3, -0.25) is 9.59 Å². The summed E-state index contributed by atoms with van der Waals surface area (Å²) in [5.74, 6) is -0.568. The summed E-state index contributed by atoms with van der Waals surface area (Å²) in [5.41, 5.74) is 9.58. The number of hydrogen-bond donors (Lipinski definition) is 3. The molecule has 0 fully saturated rings. The molecule has 2 rings (SSSR count). The van der Waals surface area contributed by atoms with E-state index < -0.39 is 6.04 Å². The minimum absolute atomic E-state index is 0. The average molecular weight is 394 g/mol. The van der Waals surface area contributed by atoms with Crippen molar-refractivity contribution in [1.29, 1.82) is 0 Å². The molecule has 4 N–H and O–H groups in total. The Morgan fingerprint density at radius 2 is 1.85 bits per heavy atom. The number of aromatic nitrogens is 2. The van der Waals surface area contributed by atoms with E-state index in [0.29, 0.717) is 6.54 Å². The van der Waals surface area contributed by atoms with Gasteiger partial charge in [0.2, 0.25) is 11.8 Å². The Morgan fingerprint density at radius 3 is 2.44 bits per heavy atom. The number of aryl methyl sites for hydroxylation is 2. The van der Waals surface area contributed by atoms with Gasteiger partial charge in [0.15, 0.2) is 0 Å². The normalized spacial score (nSPS) is 11.6. The lowest BCUT2D eigenvalue weighted by atomic mass is 10.1. The third-order valence-electron chi connectivity index (χ3n) is 4.15. The van der Waals surface area contributed by atoms with E-state index in [1.807, 2.05) is 62.7 Å². The third kappa shape index (κ3) is 6.08. The fraction of sp³-hybridized carbons (Fsp3) is 0.421. The zero-order valence-corrected chi connectivity index (χ0v) is 17.0. The van der Waals surface area contributed by atoms with E-state index in [9.17, 15) is 9.59 Å². The number of nitrogens with two attached hydrogens (primary N) is 1. The van der Waals surface area contributed by atoms with Crippen molar-refractivity contribution in [2.75, 3.05) is 6.54 Å². The minimum Gasteiger partial charge on any atom is -0.350 e. The Bertz CT molecular complexity index is 788. The van der Waals surface area contributed by atoms with Crippen LogP contribution in [0.25, 0.3) is 5.69 Å². The van der Waals surface area contributed by atoms with Crippen LogP contribution < -0.4 is 16.4 Å². The van der Waals surface area contributed by atoms with Gasteiger partial charge in [0.1, 0.15) is 0 Å². The number of nitrogens with zero attached hydrogens (tertiary/aromatic N) is 2.